The molecule has 0 bridgehead atoms. The molecule has 0 saturated carbocycles. The van der Waals surface area contributed by atoms with E-state index in [1.54, 1.807) is 4.31 Å². The molecule has 2 amide bonds. The largest absolute Gasteiger partial charge is 0.365 e. The zero-order valence-electron chi connectivity index (χ0n) is 19.1. The Hall–Kier alpha value is -2.23. The molecule has 0 radical (unpaired) electrons. The molecule has 1 aliphatic heterocycles. The van der Waals surface area contributed by atoms with Crippen LogP contribution in [0.5, 0.6) is 0 Å². The molecular formula is C24H31N3O4S2. The van der Waals surface area contributed by atoms with E-state index < -0.39 is 21.8 Å². The van der Waals surface area contributed by atoms with Crippen LogP contribution in [0.15, 0.2) is 29.2 Å². The monoisotopic (exact) mass is 489 g/mol. The summed E-state index contributed by atoms with van der Waals surface area (Å²) < 4.78 is 27.7. The van der Waals surface area contributed by atoms with Gasteiger partial charge >= 0.3 is 0 Å². The normalized spacial score (nSPS) is 21.8. The number of primary amides is 1. The molecule has 3 N–H and O–H groups in total. The van der Waals surface area contributed by atoms with Gasteiger partial charge in [0.15, 0.2) is 0 Å². The van der Waals surface area contributed by atoms with E-state index in [1.807, 2.05) is 0 Å². The van der Waals surface area contributed by atoms with Crippen LogP contribution in [0.3, 0.4) is 0 Å². The predicted octanol–water partition coefficient (Wildman–Crippen LogP) is 4.03. The number of rotatable bonds is 5. The predicted molar refractivity (Wildman–Crippen MR) is 130 cm³/mol. The van der Waals surface area contributed by atoms with Crippen LogP contribution in [0.1, 0.15) is 70.7 Å². The summed E-state index contributed by atoms with van der Waals surface area (Å²) in [5.41, 5.74) is 7.36. The minimum Gasteiger partial charge on any atom is -0.365 e. The number of amides is 2. The Morgan fingerprint density at radius 3 is 2.30 bits per heavy atom. The van der Waals surface area contributed by atoms with E-state index >= 15 is 0 Å². The first kappa shape index (κ1) is 23.9. The maximum Gasteiger partial charge on any atom is 0.256 e. The van der Waals surface area contributed by atoms with Gasteiger partial charge in [-0.05, 0) is 73.8 Å². The molecule has 2 atom stereocenters. The third-order valence-corrected chi connectivity index (χ3v) is 9.54. The van der Waals surface area contributed by atoms with Gasteiger partial charge in [0.25, 0.3) is 11.8 Å². The van der Waals surface area contributed by atoms with Crippen molar-refractivity contribution in [3.05, 3.63) is 45.8 Å². The van der Waals surface area contributed by atoms with Crippen molar-refractivity contribution in [3.63, 3.8) is 0 Å². The first-order chi connectivity index (χ1) is 15.7. The summed E-state index contributed by atoms with van der Waals surface area (Å²) in [6.07, 6.45) is 5.87. The third-order valence-electron chi connectivity index (χ3n) is 6.48. The van der Waals surface area contributed by atoms with Gasteiger partial charge in [-0.2, -0.15) is 4.31 Å². The molecular weight excluding hydrogens is 458 g/mol. The van der Waals surface area contributed by atoms with Gasteiger partial charge in [-0.15, -0.1) is 11.3 Å². The molecule has 7 nitrogen and oxygen atoms in total. The minimum atomic E-state index is -3.61. The van der Waals surface area contributed by atoms with E-state index in [2.05, 4.69) is 19.2 Å². The lowest BCUT2D eigenvalue weighted by atomic mass is 9.94. The number of anilines is 1. The number of nitrogens with zero attached hydrogens (tertiary/aromatic N) is 1. The molecule has 0 spiro atoms. The number of piperidine rings is 1. The molecule has 1 saturated heterocycles. The van der Waals surface area contributed by atoms with E-state index in [4.69, 9.17) is 5.73 Å². The fourth-order valence-electron chi connectivity index (χ4n) is 5.00. The zero-order chi connectivity index (χ0) is 23.8. The summed E-state index contributed by atoms with van der Waals surface area (Å²) in [5.74, 6) is -0.294. The molecule has 2 heterocycles. The molecule has 178 valence electrons. The Morgan fingerprint density at radius 1 is 1.03 bits per heavy atom. The number of aryl methyl sites for hydroxylation is 1. The summed E-state index contributed by atoms with van der Waals surface area (Å²) in [6, 6.07) is 5.99. The summed E-state index contributed by atoms with van der Waals surface area (Å²) in [6.45, 7) is 5.15. The average molecular weight is 490 g/mol. The summed E-state index contributed by atoms with van der Waals surface area (Å²) in [4.78, 5) is 26.3. The molecule has 33 heavy (non-hydrogen) atoms. The Kier molecular flexibility index (Phi) is 6.93. The number of sulfonamides is 1. The van der Waals surface area contributed by atoms with Crippen molar-refractivity contribution in [2.45, 2.75) is 57.3 Å². The maximum absolute atomic E-state index is 13.1. The molecule has 1 aromatic carbocycles. The fourth-order valence-corrected chi connectivity index (χ4v) is 7.97. The Bertz CT molecular complexity index is 1150. The lowest BCUT2D eigenvalue weighted by Crippen LogP contribution is -2.42. The number of hydrogen-bond donors (Lipinski definition) is 2. The molecule has 1 aliphatic carbocycles. The fraction of sp³-hybridized carbons (Fsp3) is 0.500. The van der Waals surface area contributed by atoms with Gasteiger partial charge in [0, 0.05) is 23.5 Å². The van der Waals surface area contributed by atoms with Crippen molar-refractivity contribution < 1.29 is 18.0 Å². The molecule has 0 unspecified atom stereocenters. The molecule has 2 aliphatic rings. The lowest BCUT2D eigenvalue weighted by molar-refractivity contribution is 0.100. The van der Waals surface area contributed by atoms with Gasteiger partial charge in [0.05, 0.1) is 10.5 Å². The van der Waals surface area contributed by atoms with E-state index in [0.717, 1.165) is 49.0 Å². The second-order valence-electron chi connectivity index (χ2n) is 9.38. The highest BCUT2D eigenvalue weighted by Crippen LogP contribution is 2.37. The van der Waals surface area contributed by atoms with Crippen LogP contribution in [-0.4, -0.2) is 37.6 Å². The third kappa shape index (κ3) is 5.00. The Balaban J connectivity index is 1.53. The summed E-state index contributed by atoms with van der Waals surface area (Å²) in [7, 11) is -3.61. The smallest absolute Gasteiger partial charge is 0.256 e. The van der Waals surface area contributed by atoms with Crippen LogP contribution in [0.2, 0.25) is 0 Å². The Morgan fingerprint density at radius 2 is 1.67 bits per heavy atom. The van der Waals surface area contributed by atoms with E-state index in [1.165, 1.54) is 35.6 Å². The number of carbonyl (C=O) groups excluding carboxylic acids is 2. The molecule has 2 aromatic rings. The number of nitrogens with one attached hydrogen (secondary N) is 1. The standard InChI is InChI=1S/C24H31N3O4S2/c1-15-12-16(2)14-27(13-15)33(30,31)18-10-8-17(9-11-18)23(29)26-24-21(22(25)28)19-6-4-3-5-7-20(19)32-24/h8-11,15-16H,3-7,12-14H2,1-2H3,(H2,25,28)(H,26,29)/t15-,16-/m0/s1. The first-order valence-corrected chi connectivity index (χ1v) is 13.8. The zero-order valence-corrected chi connectivity index (χ0v) is 20.7. The van der Waals surface area contributed by atoms with Crippen LogP contribution in [0, 0.1) is 11.8 Å². The number of fused-ring (bicyclic) bond motifs is 1. The van der Waals surface area contributed by atoms with Crippen LogP contribution in [0.25, 0.3) is 0 Å². The highest BCUT2D eigenvalue weighted by atomic mass is 32.2. The van der Waals surface area contributed by atoms with Gasteiger partial charge in [0.2, 0.25) is 10.0 Å². The van der Waals surface area contributed by atoms with Gasteiger partial charge in [-0.1, -0.05) is 20.3 Å². The van der Waals surface area contributed by atoms with Crippen molar-refractivity contribution >= 4 is 38.2 Å². The van der Waals surface area contributed by atoms with Crippen LogP contribution >= 0.6 is 11.3 Å². The number of carbonyl (C=O) groups is 2. The van der Waals surface area contributed by atoms with Crippen molar-refractivity contribution in [1.29, 1.82) is 0 Å². The van der Waals surface area contributed by atoms with Gasteiger partial charge in [-0.3, -0.25) is 9.59 Å². The van der Waals surface area contributed by atoms with E-state index in [9.17, 15) is 18.0 Å². The molecule has 9 heteroatoms. The molecule has 4 rings (SSSR count). The van der Waals surface area contributed by atoms with Crippen LogP contribution in [0.4, 0.5) is 5.00 Å². The van der Waals surface area contributed by atoms with Gasteiger partial charge in [0.1, 0.15) is 5.00 Å². The number of thiophene rings is 1. The van der Waals surface area contributed by atoms with Gasteiger partial charge < -0.3 is 11.1 Å². The lowest BCUT2D eigenvalue weighted by Gasteiger charge is -2.34. The topological polar surface area (TPSA) is 110 Å². The SMILES string of the molecule is C[C@H]1C[C@H](C)CN(S(=O)(=O)c2ccc(C(=O)Nc3sc4c(c3C(N)=O)CCCCC4)cc2)C1. The number of benzene rings is 1. The molecule has 1 fully saturated rings. The summed E-state index contributed by atoms with van der Waals surface area (Å²) >= 11 is 1.42. The van der Waals surface area contributed by atoms with Crippen molar-refractivity contribution in [3.8, 4) is 0 Å². The van der Waals surface area contributed by atoms with Crippen LogP contribution < -0.4 is 11.1 Å². The van der Waals surface area contributed by atoms with E-state index in [0.29, 0.717) is 41.1 Å². The highest BCUT2D eigenvalue weighted by molar-refractivity contribution is 7.89. The first-order valence-electron chi connectivity index (χ1n) is 11.5. The van der Waals surface area contributed by atoms with Gasteiger partial charge in [-0.25, -0.2) is 8.42 Å². The highest BCUT2D eigenvalue weighted by Gasteiger charge is 2.32. The number of nitrogens with two attached hydrogens (primary N) is 1. The van der Waals surface area contributed by atoms with Crippen molar-refractivity contribution in [2.75, 3.05) is 18.4 Å². The van der Waals surface area contributed by atoms with E-state index in [-0.39, 0.29) is 4.90 Å². The quantitative estimate of drug-likeness (QED) is 0.618. The average Bonchev–Trinajstić information content (AvgIpc) is 2.94. The second kappa shape index (κ2) is 9.56. The Labute approximate surface area is 199 Å². The maximum atomic E-state index is 13.1. The summed E-state index contributed by atoms with van der Waals surface area (Å²) in [5, 5.41) is 3.32. The molecule has 1 aromatic heterocycles. The van der Waals surface area contributed by atoms with Crippen LogP contribution in [-0.2, 0) is 22.9 Å². The van der Waals surface area contributed by atoms with Crippen molar-refractivity contribution in [2.24, 2.45) is 17.6 Å². The van der Waals surface area contributed by atoms with Crippen molar-refractivity contribution in [1.82, 2.24) is 4.31 Å². The second-order valence-corrected chi connectivity index (χ2v) is 12.4. The number of hydrogen-bond acceptors (Lipinski definition) is 5. The minimum absolute atomic E-state index is 0.181.